The predicted octanol–water partition coefficient (Wildman–Crippen LogP) is 5.41. The summed E-state index contributed by atoms with van der Waals surface area (Å²) >= 11 is 9.54. The molecule has 0 aliphatic heterocycles. The third-order valence-corrected chi connectivity index (χ3v) is 5.86. The molecular weight excluding hydrogens is 440 g/mol. The van der Waals surface area contributed by atoms with Gasteiger partial charge in [0.2, 0.25) is 0 Å². The zero-order valence-corrected chi connectivity index (χ0v) is 17.6. The van der Waals surface area contributed by atoms with Crippen molar-refractivity contribution in [1.82, 2.24) is 20.1 Å². The Kier molecular flexibility index (Phi) is 5.78. The third kappa shape index (κ3) is 4.13. The Hall–Kier alpha value is -2.18. The van der Waals surface area contributed by atoms with E-state index in [0.29, 0.717) is 23.2 Å². The van der Waals surface area contributed by atoms with Gasteiger partial charge < -0.3 is 5.32 Å². The average molecular weight is 460 g/mol. The molecule has 2 heterocycles. The SMILES string of the molecule is O=C(NCc1cc(-c2ccncc2)n(C2CCCC2)n1)c1cc(Br)ccc1Cl. The van der Waals surface area contributed by atoms with Crippen LogP contribution in [-0.4, -0.2) is 20.7 Å². The van der Waals surface area contributed by atoms with Crippen molar-refractivity contribution in [1.29, 1.82) is 0 Å². The number of aromatic nitrogens is 3. The largest absolute Gasteiger partial charge is 0.346 e. The maximum atomic E-state index is 12.5. The smallest absolute Gasteiger partial charge is 0.253 e. The minimum absolute atomic E-state index is 0.216. The lowest BCUT2D eigenvalue weighted by molar-refractivity contribution is 0.0950. The predicted molar refractivity (Wildman–Crippen MR) is 113 cm³/mol. The first-order valence-electron chi connectivity index (χ1n) is 9.34. The molecule has 1 amide bonds. The van der Waals surface area contributed by atoms with Crippen molar-refractivity contribution >= 4 is 33.4 Å². The minimum Gasteiger partial charge on any atom is -0.346 e. The van der Waals surface area contributed by atoms with Gasteiger partial charge in [-0.25, -0.2) is 0 Å². The summed E-state index contributed by atoms with van der Waals surface area (Å²) in [6.45, 7) is 0.347. The topological polar surface area (TPSA) is 59.8 Å². The fraction of sp³-hybridized carbons (Fsp3) is 0.286. The summed E-state index contributed by atoms with van der Waals surface area (Å²) in [5.74, 6) is -0.216. The highest BCUT2D eigenvalue weighted by molar-refractivity contribution is 9.10. The molecule has 3 aromatic rings. The molecule has 4 rings (SSSR count). The van der Waals surface area contributed by atoms with Crippen molar-refractivity contribution in [3.8, 4) is 11.3 Å². The van der Waals surface area contributed by atoms with Crippen molar-refractivity contribution in [3.05, 3.63) is 69.5 Å². The molecular formula is C21H20BrClN4O. The molecule has 1 aliphatic carbocycles. The summed E-state index contributed by atoms with van der Waals surface area (Å²) in [6, 6.07) is 11.7. The van der Waals surface area contributed by atoms with Crippen LogP contribution in [0.3, 0.4) is 0 Å². The Bertz CT molecular complexity index is 983. The Morgan fingerprint density at radius 2 is 1.93 bits per heavy atom. The monoisotopic (exact) mass is 458 g/mol. The first kappa shape index (κ1) is 19.2. The van der Waals surface area contributed by atoms with Crippen LogP contribution in [0.4, 0.5) is 0 Å². The molecule has 7 heteroatoms. The van der Waals surface area contributed by atoms with Crippen LogP contribution in [0.1, 0.15) is 47.8 Å². The van der Waals surface area contributed by atoms with Crippen molar-refractivity contribution < 1.29 is 4.79 Å². The number of hydrogen-bond donors (Lipinski definition) is 1. The molecule has 0 bridgehead atoms. The quantitative estimate of drug-likeness (QED) is 0.555. The van der Waals surface area contributed by atoms with E-state index in [9.17, 15) is 4.79 Å². The summed E-state index contributed by atoms with van der Waals surface area (Å²) in [6.07, 6.45) is 8.32. The number of benzene rings is 1. The number of nitrogens with zero attached hydrogens (tertiary/aromatic N) is 3. The molecule has 28 heavy (non-hydrogen) atoms. The van der Waals surface area contributed by atoms with Crippen LogP contribution in [0, 0.1) is 0 Å². The minimum atomic E-state index is -0.216. The number of amides is 1. The highest BCUT2D eigenvalue weighted by atomic mass is 79.9. The van der Waals surface area contributed by atoms with Crippen molar-refractivity contribution in [2.45, 2.75) is 38.3 Å². The van der Waals surface area contributed by atoms with Gasteiger partial charge in [0.1, 0.15) is 0 Å². The van der Waals surface area contributed by atoms with Crippen LogP contribution in [-0.2, 0) is 6.54 Å². The third-order valence-electron chi connectivity index (χ3n) is 5.04. The summed E-state index contributed by atoms with van der Waals surface area (Å²) in [5.41, 5.74) is 3.43. The molecule has 0 spiro atoms. The van der Waals surface area contributed by atoms with E-state index in [1.165, 1.54) is 12.8 Å². The molecule has 1 aliphatic rings. The van der Waals surface area contributed by atoms with Gasteiger partial charge in [-0.3, -0.25) is 14.5 Å². The number of rotatable bonds is 5. The van der Waals surface area contributed by atoms with Gasteiger partial charge in [-0.15, -0.1) is 0 Å². The lowest BCUT2D eigenvalue weighted by atomic mass is 10.1. The Labute approximate surface area is 177 Å². The summed E-state index contributed by atoms with van der Waals surface area (Å²) in [4.78, 5) is 16.7. The Morgan fingerprint density at radius 3 is 2.68 bits per heavy atom. The van der Waals surface area contributed by atoms with Gasteiger partial charge in [0.15, 0.2) is 0 Å². The van der Waals surface area contributed by atoms with Crippen molar-refractivity contribution in [2.24, 2.45) is 0 Å². The second kappa shape index (κ2) is 8.45. The maximum Gasteiger partial charge on any atom is 0.253 e. The average Bonchev–Trinajstić information content (AvgIpc) is 3.38. The second-order valence-corrected chi connectivity index (χ2v) is 8.27. The molecule has 1 aromatic carbocycles. The van der Waals surface area contributed by atoms with Crippen LogP contribution in [0.5, 0.6) is 0 Å². The van der Waals surface area contributed by atoms with Crippen molar-refractivity contribution in [2.75, 3.05) is 0 Å². The maximum absolute atomic E-state index is 12.5. The molecule has 1 N–H and O–H groups in total. The van der Waals surface area contributed by atoms with E-state index < -0.39 is 0 Å². The molecule has 2 aromatic heterocycles. The number of hydrogen-bond acceptors (Lipinski definition) is 3. The van der Waals surface area contributed by atoms with E-state index in [4.69, 9.17) is 16.7 Å². The Balaban J connectivity index is 1.56. The highest BCUT2D eigenvalue weighted by Gasteiger charge is 2.22. The van der Waals surface area contributed by atoms with Gasteiger partial charge in [-0.05, 0) is 49.2 Å². The van der Waals surface area contributed by atoms with Gasteiger partial charge in [-0.2, -0.15) is 5.10 Å². The number of pyridine rings is 1. The molecule has 144 valence electrons. The molecule has 0 atom stereocenters. The van der Waals surface area contributed by atoms with Gasteiger partial charge in [-0.1, -0.05) is 40.4 Å². The number of nitrogens with one attached hydrogen (secondary N) is 1. The van der Waals surface area contributed by atoms with Gasteiger partial charge >= 0.3 is 0 Å². The number of halogens is 2. The normalized spacial score (nSPS) is 14.4. The van der Waals surface area contributed by atoms with Crippen LogP contribution in [0.2, 0.25) is 5.02 Å². The second-order valence-electron chi connectivity index (χ2n) is 6.95. The van der Waals surface area contributed by atoms with Gasteiger partial charge in [0.05, 0.1) is 34.6 Å². The molecule has 1 saturated carbocycles. The zero-order chi connectivity index (χ0) is 19.5. The van der Waals surface area contributed by atoms with Gasteiger partial charge in [0.25, 0.3) is 5.91 Å². The Morgan fingerprint density at radius 1 is 1.18 bits per heavy atom. The lowest BCUT2D eigenvalue weighted by Gasteiger charge is -2.14. The van der Waals surface area contributed by atoms with Crippen LogP contribution in [0.15, 0.2) is 53.3 Å². The van der Waals surface area contributed by atoms with E-state index in [1.54, 1.807) is 24.5 Å². The van der Waals surface area contributed by atoms with E-state index in [-0.39, 0.29) is 5.91 Å². The highest BCUT2D eigenvalue weighted by Crippen LogP contribution is 2.33. The first-order valence-corrected chi connectivity index (χ1v) is 10.5. The van der Waals surface area contributed by atoms with Crippen LogP contribution >= 0.6 is 27.5 Å². The molecule has 0 saturated heterocycles. The van der Waals surface area contributed by atoms with E-state index >= 15 is 0 Å². The van der Waals surface area contributed by atoms with E-state index in [0.717, 1.165) is 34.3 Å². The number of carbonyl (C=O) groups is 1. The fourth-order valence-corrected chi connectivity index (χ4v) is 4.20. The first-order chi connectivity index (χ1) is 13.6. The summed E-state index contributed by atoms with van der Waals surface area (Å²) < 4.78 is 2.93. The zero-order valence-electron chi connectivity index (χ0n) is 15.2. The van der Waals surface area contributed by atoms with Crippen LogP contribution < -0.4 is 5.32 Å². The molecule has 0 radical (unpaired) electrons. The van der Waals surface area contributed by atoms with Crippen LogP contribution in [0.25, 0.3) is 11.3 Å². The number of carbonyl (C=O) groups excluding carboxylic acids is 1. The lowest BCUT2D eigenvalue weighted by Crippen LogP contribution is -2.23. The van der Waals surface area contributed by atoms with E-state index in [1.807, 2.05) is 18.2 Å². The van der Waals surface area contributed by atoms with E-state index in [2.05, 4.69) is 37.0 Å². The van der Waals surface area contributed by atoms with Gasteiger partial charge in [0, 0.05) is 22.4 Å². The fourth-order valence-electron chi connectivity index (χ4n) is 3.63. The van der Waals surface area contributed by atoms with Crippen molar-refractivity contribution in [3.63, 3.8) is 0 Å². The summed E-state index contributed by atoms with van der Waals surface area (Å²) in [7, 11) is 0. The summed E-state index contributed by atoms with van der Waals surface area (Å²) in [5, 5.41) is 8.17. The standard InChI is InChI=1S/C21H20BrClN4O/c22-15-5-6-19(23)18(11-15)21(28)25-13-16-12-20(14-7-9-24-10-8-14)27(26-16)17-3-1-2-4-17/h5-12,17H,1-4,13H2,(H,25,28). The molecule has 1 fully saturated rings. The molecule has 5 nitrogen and oxygen atoms in total. The molecule has 0 unspecified atom stereocenters.